The highest BCUT2D eigenvalue weighted by atomic mass is 19.4. The molecule has 7 nitrogen and oxygen atoms in total. The van der Waals surface area contributed by atoms with Gasteiger partial charge < -0.3 is 15.4 Å². The van der Waals surface area contributed by atoms with E-state index in [1.807, 2.05) is 0 Å². The molecule has 0 aromatic heterocycles. The van der Waals surface area contributed by atoms with E-state index in [1.165, 1.54) is 19.2 Å². The molecule has 0 aliphatic heterocycles. The summed E-state index contributed by atoms with van der Waals surface area (Å²) in [4.78, 5) is 22.8. The molecule has 0 fully saturated rings. The number of ether oxygens (including phenoxy) is 1. The molecule has 0 saturated heterocycles. The molecule has 27 heavy (non-hydrogen) atoms. The van der Waals surface area contributed by atoms with Gasteiger partial charge >= 0.3 is 6.18 Å². The van der Waals surface area contributed by atoms with Crippen molar-refractivity contribution in [1.29, 1.82) is 0 Å². The van der Waals surface area contributed by atoms with Crippen LogP contribution in [0.2, 0.25) is 0 Å². The number of anilines is 2. The Morgan fingerprint density at radius 2 is 1.89 bits per heavy atom. The Labute approximate surface area is 152 Å². The lowest BCUT2D eigenvalue weighted by Gasteiger charge is -2.15. The molecule has 0 bridgehead atoms. The minimum absolute atomic E-state index is 0.0557. The fraction of sp³-hybridized carbons (Fsp3) is 0.235. The summed E-state index contributed by atoms with van der Waals surface area (Å²) in [6.45, 7) is 1.82. The highest BCUT2D eigenvalue weighted by Gasteiger charge is 2.31. The van der Waals surface area contributed by atoms with E-state index >= 15 is 0 Å². The van der Waals surface area contributed by atoms with Gasteiger partial charge in [0, 0.05) is 18.7 Å². The Bertz CT molecular complexity index is 869. The van der Waals surface area contributed by atoms with Crippen LogP contribution in [0.25, 0.3) is 0 Å². The van der Waals surface area contributed by atoms with Crippen LogP contribution in [0.4, 0.5) is 30.2 Å². The van der Waals surface area contributed by atoms with E-state index in [2.05, 4.69) is 10.6 Å². The third kappa shape index (κ3) is 4.66. The second-order valence-electron chi connectivity index (χ2n) is 5.33. The first-order chi connectivity index (χ1) is 12.7. The third-order valence-corrected chi connectivity index (χ3v) is 3.58. The predicted molar refractivity (Wildman–Crippen MR) is 93.2 cm³/mol. The van der Waals surface area contributed by atoms with Crippen LogP contribution in [0, 0.1) is 10.1 Å². The summed E-state index contributed by atoms with van der Waals surface area (Å²) in [5.74, 6) is -0.749. The molecule has 2 aromatic carbocycles. The Morgan fingerprint density at radius 1 is 1.19 bits per heavy atom. The molecule has 1 amide bonds. The number of benzene rings is 2. The van der Waals surface area contributed by atoms with E-state index in [9.17, 15) is 28.1 Å². The molecule has 2 N–H and O–H groups in total. The third-order valence-electron chi connectivity index (χ3n) is 3.58. The van der Waals surface area contributed by atoms with Gasteiger partial charge in [-0.2, -0.15) is 13.2 Å². The number of amides is 1. The minimum atomic E-state index is -4.60. The molecular formula is C17H16F3N3O4. The smallest absolute Gasteiger partial charge is 0.416 e. The van der Waals surface area contributed by atoms with Crippen LogP contribution in [-0.4, -0.2) is 24.5 Å². The van der Waals surface area contributed by atoms with Crippen LogP contribution in [0.5, 0.6) is 5.75 Å². The quantitative estimate of drug-likeness (QED) is 0.573. The van der Waals surface area contributed by atoms with Gasteiger partial charge in [-0.15, -0.1) is 0 Å². The SMILES string of the molecule is CCOc1ccc(C(F)(F)F)cc1NC(=O)c1ccc(NC)c([N+](=O)[O-])c1. The fourth-order valence-electron chi connectivity index (χ4n) is 2.32. The first-order valence-corrected chi connectivity index (χ1v) is 7.79. The number of nitrogens with one attached hydrogen (secondary N) is 2. The van der Waals surface area contributed by atoms with E-state index in [4.69, 9.17) is 4.74 Å². The van der Waals surface area contributed by atoms with Crippen LogP contribution in [0.1, 0.15) is 22.8 Å². The predicted octanol–water partition coefficient (Wildman–Crippen LogP) is 4.31. The number of hydrogen-bond donors (Lipinski definition) is 2. The van der Waals surface area contributed by atoms with Crippen molar-refractivity contribution in [3.05, 3.63) is 57.6 Å². The fourth-order valence-corrected chi connectivity index (χ4v) is 2.32. The lowest BCUT2D eigenvalue weighted by molar-refractivity contribution is -0.384. The van der Waals surface area contributed by atoms with Crippen LogP contribution in [-0.2, 0) is 6.18 Å². The lowest BCUT2D eigenvalue weighted by Crippen LogP contribution is -2.15. The summed E-state index contributed by atoms with van der Waals surface area (Å²) in [7, 11) is 1.49. The van der Waals surface area contributed by atoms with Crippen molar-refractivity contribution >= 4 is 23.0 Å². The number of nitro groups is 1. The largest absolute Gasteiger partial charge is 0.492 e. The van der Waals surface area contributed by atoms with Gasteiger partial charge in [-0.3, -0.25) is 14.9 Å². The van der Waals surface area contributed by atoms with Crippen molar-refractivity contribution in [3.8, 4) is 5.75 Å². The molecule has 0 heterocycles. The maximum atomic E-state index is 12.9. The summed E-state index contributed by atoms with van der Waals surface area (Å²) in [6, 6.07) is 6.39. The zero-order chi connectivity index (χ0) is 20.2. The van der Waals surface area contributed by atoms with Gasteiger partial charge in [0.15, 0.2) is 0 Å². The monoisotopic (exact) mass is 383 g/mol. The number of alkyl halides is 3. The Balaban J connectivity index is 2.39. The number of nitrogens with zero attached hydrogens (tertiary/aromatic N) is 1. The molecule has 0 aliphatic carbocycles. The Kier molecular flexibility index (Phi) is 5.88. The molecule has 0 radical (unpaired) electrons. The van der Waals surface area contributed by atoms with Crippen molar-refractivity contribution in [1.82, 2.24) is 0 Å². The van der Waals surface area contributed by atoms with E-state index in [-0.39, 0.29) is 35.0 Å². The van der Waals surface area contributed by atoms with Crippen molar-refractivity contribution < 1.29 is 27.6 Å². The van der Waals surface area contributed by atoms with Gasteiger partial charge in [-0.25, -0.2) is 0 Å². The van der Waals surface area contributed by atoms with Gasteiger partial charge in [0.1, 0.15) is 11.4 Å². The van der Waals surface area contributed by atoms with E-state index < -0.39 is 22.6 Å². The van der Waals surface area contributed by atoms with Gasteiger partial charge in [-0.1, -0.05) is 0 Å². The number of rotatable bonds is 6. The molecular weight excluding hydrogens is 367 g/mol. The van der Waals surface area contributed by atoms with Crippen LogP contribution >= 0.6 is 0 Å². The first-order valence-electron chi connectivity index (χ1n) is 7.79. The number of carbonyl (C=O) groups is 1. The Hall–Kier alpha value is -3.30. The van der Waals surface area contributed by atoms with Crippen molar-refractivity contribution in [2.24, 2.45) is 0 Å². The molecule has 0 unspecified atom stereocenters. The second-order valence-corrected chi connectivity index (χ2v) is 5.33. The van der Waals surface area contributed by atoms with Crippen molar-refractivity contribution in [3.63, 3.8) is 0 Å². The van der Waals surface area contributed by atoms with Crippen molar-refractivity contribution in [2.45, 2.75) is 13.1 Å². The highest BCUT2D eigenvalue weighted by Crippen LogP contribution is 2.35. The van der Waals surface area contributed by atoms with Gasteiger partial charge in [-0.05, 0) is 37.3 Å². The summed E-state index contributed by atoms with van der Waals surface area (Å²) in [5, 5.41) is 16.0. The zero-order valence-corrected chi connectivity index (χ0v) is 14.4. The standard InChI is InChI=1S/C17H16F3N3O4/c1-3-27-15-7-5-11(17(18,19)20)9-13(15)22-16(24)10-4-6-12(21-2)14(8-10)23(25)26/h4-9,21H,3H2,1-2H3,(H,22,24). The van der Waals surface area contributed by atoms with E-state index in [0.29, 0.717) is 0 Å². The van der Waals surface area contributed by atoms with Crippen LogP contribution in [0.3, 0.4) is 0 Å². The number of nitro benzene ring substituents is 1. The number of hydrogen-bond acceptors (Lipinski definition) is 5. The summed E-state index contributed by atoms with van der Waals surface area (Å²) in [5.41, 5.74) is -1.36. The Morgan fingerprint density at radius 3 is 2.44 bits per heavy atom. The average molecular weight is 383 g/mol. The normalized spacial score (nSPS) is 11.0. The van der Waals surface area contributed by atoms with E-state index in [0.717, 1.165) is 24.3 Å². The highest BCUT2D eigenvalue weighted by molar-refractivity contribution is 6.05. The molecule has 2 rings (SSSR count). The molecule has 2 aromatic rings. The molecule has 0 atom stereocenters. The topological polar surface area (TPSA) is 93.5 Å². The van der Waals surface area contributed by atoms with Crippen LogP contribution < -0.4 is 15.4 Å². The minimum Gasteiger partial charge on any atom is -0.492 e. The maximum absolute atomic E-state index is 12.9. The zero-order valence-electron chi connectivity index (χ0n) is 14.4. The summed E-state index contributed by atoms with van der Waals surface area (Å²) >= 11 is 0. The second kappa shape index (κ2) is 7.94. The number of carbonyl (C=O) groups excluding carboxylic acids is 1. The van der Waals surface area contributed by atoms with Crippen molar-refractivity contribution in [2.75, 3.05) is 24.3 Å². The van der Waals surface area contributed by atoms with Gasteiger partial charge in [0.05, 0.1) is 22.8 Å². The molecule has 144 valence electrons. The van der Waals surface area contributed by atoms with Crippen LogP contribution in [0.15, 0.2) is 36.4 Å². The summed E-state index contributed by atoms with van der Waals surface area (Å²) < 4.78 is 44.0. The maximum Gasteiger partial charge on any atom is 0.416 e. The average Bonchev–Trinajstić information content (AvgIpc) is 2.61. The van der Waals surface area contributed by atoms with Gasteiger partial charge in [0.2, 0.25) is 0 Å². The molecule has 0 saturated carbocycles. The lowest BCUT2D eigenvalue weighted by atomic mass is 10.1. The summed E-state index contributed by atoms with van der Waals surface area (Å²) in [6.07, 6.45) is -4.60. The number of halogens is 3. The first kappa shape index (κ1) is 20.0. The van der Waals surface area contributed by atoms with E-state index in [1.54, 1.807) is 6.92 Å². The molecule has 10 heteroatoms. The molecule has 0 spiro atoms. The van der Waals surface area contributed by atoms with Gasteiger partial charge in [0.25, 0.3) is 11.6 Å². The molecule has 0 aliphatic rings.